The summed E-state index contributed by atoms with van der Waals surface area (Å²) in [6, 6.07) is 7.67. The number of halogens is 1. The highest BCUT2D eigenvalue weighted by Gasteiger charge is 2.31. The number of benzene rings is 1. The second-order valence-corrected chi connectivity index (χ2v) is 5.85. The summed E-state index contributed by atoms with van der Waals surface area (Å²) in [4.78, 5) is 0. The zero-order valence-electron chi connectivity index (χ0n) is 9.08. The molecule has 1 fully saturated rings. The summed E-state index contributed by atoms with van der Waals surface area (Å²) in [6.07, 6.45) is 2.00. The lowest BCUT2D eigenvalue weighted by atomic mass is 9.93. The minimum atomic E-state index is -0.157. The highest BCUT2D eigenvalue weighted by atomic mass is 35.5. The maximum atomic E-state index is 9.57. The largest absolute Gasteiger partial charge is 0.394 e. The third-order valence-electron chi connectivity index (χ3n) is 2.99. The molecule has 0 spiro atoms. The van der Waals surface area contributed by atoms with Crippen LogP contribution >= 0.6 is 23.4 Å². The second kappa shape index (κ2) is 5.30. The maximum absolute atomic E-state index is 9.57. The number of aliphatic hydroxyl groups is 1. The Hall–Kier alpha value is -0.380. The first-order valence-electron chi connectivity index (χ1n) is 5.46. The standard InChI is InChI=1S/C12H16ClNOS/c13-10-2-1-3-11(8-10)14-12(9-15)4-6-16-7-5-12/h1-3,8,14-15H,4-7,9H2. The van der Waals surface area contributed by atoms with Gasteiger partial charge in [0, 0.05) is 10.7 Å². The summed E-state index contributed by atoms with van der Waals surface area (Å²) in [5.41, 5.74) is 0.837. The van der Waals surface area contributed by atoms with Gasteiger partial charge < -0.3 is 10.4 Å². The number of hydrogen-bond acceptors (Lipinski definition) is 3. The summed E-state index contributed by atoms with van der Waals surface area (Å²) >= 11 is 7.89. The lowest BCUT2D eigenvalue weighted by Gasteiger charge is -2.37. The summed E-state index contributed by atoms with van der Waals surface area (Å²) < 4.78 is 0. The van der Waals surface area contributed by atoms with Gasteiger partial charge in [-0.05, 0) is 42.5 Å². The van der Waals surface area contributed by atoms with E-state index in [0.29, 0.717) is 0 Å². The van der Waals surface area contributed by atoms with Gasteiger partial charge in [0.15, 0.2) is 0 Å². The van der Waals surface area contributed by atoms with Crippen LogP contribution in [0.15, 0.2) is 24.3 Å². The van der Waals surface area contributed by atoms with Gasteiger partial charge in [-0.15, -0.1) is 0 Å². The van der Waals surface area contributed by atoms with Crippen LogP contribution in [0.4, 0.5) is 5.69 Å². The van der Waals surface area contributed by atoms with Crippen molar-refractivity contribution < 1.29 is 5.11 Å². The Balaban J connectivity index is 2.11. The first-order valence-corrected chi connectivity index (χ1v) is 7.00. The molecule has 0 atom stereocenters. The minimum absolute atomic E-state index is 0.157. The Kier molecular flexibility index (Phi) is 4.00. The van der Waals surface area contributed by atoms with Crippen LogP contribution in [0.25, 0.3) is 0 Å². The van der Waals surface area contributed by atoms with Crippen molar-refractivity contribution in [1.29, 1.82) is 0 Å². The zero-order valence-corrected chi connectivity index (χ0v) is 10.7. The monoisotopic (exact) mass is 257 g/mol. The number of anilines is 1. The number of aliphatic hydroxyl groups excluding tert-OH is 1. The van der Waals surface area contributed by atoms with Crippen LogP contribution in [0.1, 0.15) is 12.8 Å². The Labute approximate surface area is 105 Å². The molecule has 0 saturated carbocycles. The first-order chi connectivity index (χ1) is 7.74. The maximum Gasteiger partial charge on any atom is 0.0662 e. The Morgan fingerprint density at radius 1 is 1.38 bits per heavy atom. The van der Waals surface area contributed by atoms with Gasteiger partial charge >= 0.3 is 0 Å². The third-order valence-corrected chi connectivity index (χ3v) is 4.21. The Morgan fingerprint density at radius 2 is 2.12 bits per heavy atom. The predicted molar refractivity (Wildman–Crippen MR) is 71.5 cm³/mol. The molecule has 4 heteroatoms. The van der Waals surface area contributed by atoms with Crippen LogP contribution in [0, 0.1) is 0 Å². The molecule has 2 rings (SSSR count). The van der Waals surface area contributed by atoms with E-state index in [1.54, 1.807) is 0 Å². The topological polar surface area (TPSA) is 32.3 Å². The van der Waals surface area contributed by atoms with E-state index in [4.69, 9.17) is 11.6 Å². The summed E-state index contributed by atoms with van der Waals surface area (Å²) in [6.45, 7) is 0.181. The first kappa shape index (κ1) is 12.1. The van der Waals surface area contributed by atoms with Gasteiger partial charge in [0.1, 0.15) is 0 Å². The van der Waals surface area contributed by atoms with E-state index >= 15 is 0 Å². The fraction of sp³-hybridized carbons (Fsp3) is 0.500. The van der Waals surface area contributed by atoms with E-state index < -0.39 is 0 Å². The Bertz CT molecular complexity index is 353. The van der Waals surface area contributed by atoms with Crippen molar-refractivity contribution in [3.63, 3.8) is 0 Å². The highest BCUT2D eigenvalue weighted by Crippen LogP contribution is 2.30. The molecule has 16 heavy (non-hydrogen) atoms. The SMILES string of the molecule is OCC1(Nc2cccc(Cl)c2)CCSCC1. The van der Waals surface area contributed by atoms with Crippen LogP contribution in [0.3, 0.4) is 0 Å². The Morgan fingerprint density at radius 3 is 2.75 bits per heavy atom. The van der Waals surface area contributed by atoms with Crippen molar-refractivity contribution >= 4 is 29.1 Å². The van der Waals surface area contributed by atoms with Gasteiger partial charge in [0.2, 0.25) is 0 Å². The molecule has 2 N–H and O–H groups in total. The van der Waals surface area contributed by atoms with E-state index in [2.05, 4.69) is 5.32 Å². The molecule has 1 heterocycles. The predicted octanol–water partition coefficient (Wildman–Crippen LogP) is 3.01. The minimum Gasteiger partial charge on any atom is -0.394 e. The quantitative estimate of drug-likeness (QED) is 0.873. The van der Waals surface area contributed by atoms with Crippen molar-refractivity contribution in [2.75, 3.05) is 23.4 Å². The van der Waals surface area contributed by atoms with Crippen molar-refractivity contribution in [2.45, 2.75) is 18.4 Å². The second-order valence-electron chi connectivity index (χ2n) is 4.19. The van der Waals surface area contributed by atoms with Gasteiger partial charge in [0.05, 0.1) is 12.1 Å². The van der Waals surface area contributed by atoms with Crippen LogP contribution in [-0.4, -0.2) is 28.8 Å². The molecule has 1 aromatic carbocycles. The third kappa shape index (κ3) is 2.84. The molecule has 1 aromatic rings. The molecule has 2 nitrogen and oxygen atoms in total. The summed E-state index contributed by atoms with van der Waals surface area (Å²) in [5, 5.41) is 13.7. The van der Waals surface area contributed by atoms with Crippen LogP contribution in [0.2, 0.25) is 5.02 Å². The van der Waals surface area contributed by atoms with Crippen molar-refractivity contribution in [3.8, 4) is 0 Å². The van der Waals surface area contributed by atoms with E-state index in [9.17, 15) is 5.11 Å². The van der Waals surface area contributed by atoms with Crippen molar-refractivity contribution in [3.05, 3.63) is 29.3 Å². The van der Waals surface area contributed by atoms with Gasteiger partial charge in [-0.1, -0.05) is 17.7 Å². The molecule has 0 aliphatic carbocycles. The highest BCUT2D eigenvalue weighted by molar-refractivity contribution is 7.99. The van der Waals surface area contributed by atoms with Gasteiger partial charge in [-0.2, -0.15) is 11.8 Å². The summed E-state index contributed by atoms with van der Waals surface area (Å²) in [7, 11) is 0. The van der Waals surface area contributed by atoms with Gasteiger partial charge in [0.25, 0.3) is 0 Å². The van der Waals surface area contributed by atoms with E-state index in [1.807, 2.05) is 36.0 Å². The van der Waals surface area contributed by atoms with Crippen LogP contribution in [0.5, 0.6) is 0 Å². The number of nitrogens with one attached hydrogen (secondary N) is 1. The fourth-order valence-corrected chi connectivity index (χ4v) is 3.42. The average molecular weight is 258 g/mol. The fourth-order valence-electron chi connectivity index (χ4n) is 1.96. The molecule has 88 valence electrons. The number of thioether (sulfide) groups is 1. The molecular formula is C12H16ClNOS. The molecule has 0 unspecified atom stereocenters. The summed E-state index contributed by atoms with van der Waals surface area (Å²) in [5.74, 6) is 2.21. The lowest BCUT2D eigenvalue weighted by molar-refractivity contribution is 0.202. The van der Waals surface area contributed by atoms with Gasteiger partial charge in [-0.25, -0.2) is 0 Å². The number of hydrogen-bond donors (Lipinski definition) is 2. The van der Waals surface area contributed by atoms with E-state index in [1.165, 1.54) is 0 Å². The molecule has 1 aliphatic heterocycles. The van der Waals surface area contributed by atoms with Crippen LogP contribution < -0.4 is 5.32 Å². The molecule has 0 radical (unpaired) electrons. The van der Waals surface area contributed by atoms with E-state index in [-0.39, 0.29) is 12.1 Å². The van der Waals surface area contributed by atoms with E-state index in [0.717, 1.165) is 35.1 Å². The van der Waals surface area contributed by atoms with Crippen LogP contribution in [-0.2, 0) is 0 Å². The van der Waals surface area contributed by atoms with Gasteiger partial charge in [-0.3, -0.25) is 0 Å². The molecule has 0 bridgehead atoms. The zero-order chi connectivity index (χ0) is 11.4. The average Bonchev–Trinajstić information content (AvgIpc) is 2.30. The molecule has 0 amide bonds. The van der Waals surface area contributed by atoms with Crippen molar-refractivity contribution in [2.24, 2.45) is 0 Å². The molecule has 1 saturated heterocycles. The van der Waals surface area contributed by atoms with Crippen molar-refractivity contribution in [1.82, 2.24) is 0 Å². The molecule has 1 aliphatic rings. The lowest BCUT2D eigenvalue weighted by Crippen LogP contribution is -2.45. The smallest absolute Gasteiger partial charge is 0.0662 e. The normalized spacial score (nSPS) is 19.4. The molecular weight excluding hydrogens is 242 g/mol. The molecule has 0 aromatic heterocycles. The number of rotatable bonds is 3.